The maximum Gasteiger partial charge on any atom is 0.233 e. The Balaban J connectivity index is 3.23. The second kappa shape index (κ2) is 9.80. The molecule has 14 heavy (non-hydrogen) atoms. The molecule has 2 N–H and O–H groups in total. The third-order valence-corrected chi connectivity index (χ3v) is 3.77. The van der Waals surface area contributed by atoms with Gasteiger partial charge in [-0.25, -0.2) is 0 Å². The Morgan fingerprint density at radius 3 is 2.86 bits per heavy atom. The van der Waals surface area contributed by atoms with Crippen molar-refractivity contribution in [2.75, 3.05) is 24.7 Å². The standard InChI is InChI=1S/C9H18BrNO2S/c1-2-8(10)9(13)11-4-7-14-6-3-5-12/h8,12H,2-7H2,1H3,(H,11,13). The number of hydrogen-bond acceptors (Lipinski definition) is 3. The van der Waals surface area contributed by atoms with Gasteiger partial charge in [0.2, 0.25) is 5.91 Å². The monoisotopic (exact) mass is 283 g/mol. The Labute approximate surface area is 98.2 Å². The summed E-state index contributed by atoms with van der Waals surface area (Å²) in [7, 11) is 0. The van der Waals surface area contributed by atoms with Crippen LogP contribution in [0.25, 0.3) is 0 Å². The van der Waals surface area contributed by atoms with E-state index in [9.17, 15) is 4.79 Å². The largest absolute Gasteiger partial charge is 0.396 e. The van der Waals surface area contributed by atoms with E-state index in [0.29, 0.717) is 6.54 Å². The maximum atomic E-state index is 11.3. The van der Waals surface area contributed by atoms with Gasteiger partial charge in [0.05, 0.1) is 4.83 Å². The number of amides is 1. The molecule has 0 heterocycles. The fourth-order valence-corrected chi connectivity index (χ4v) is 1.76. The lowest BCUT2D eigenvalue weighted by molar-refractivity contribution is -0.120. The van der Waals surface area contributed by atoms with Crippen LogP contribution < -0.4 is 5.32 Å². The molecule has 0 bridgehead atoms. The van der Waals surface area contributed by atoms with Gasteiger partial charge in [0.1, 0.15) is 0 Å². The number of halogens is 1. The minimum atomic E-state index is -0.0649. The van der Waals surface area contributed by atoms with E-state index in [1.807, 2.05) is 6.92 Å². The average molecular weight is 284 g/mol. The molecule has 5 heteroatoms. The first-order valence-electron chi connectivity index (χ1n) is 4.82. The summed E-state index contributed by atoms with van der Waals surface area (Å²) < 4.78 is 0. The molecule has 1 amide bonds. The van der Waals surface area contributed by atoms with E-state index in [1.165, 1.54) is 0 Å². The van der Waals surface area contributed by atoms with Gasteiger partial charge in [-0.1, -0.05) is 22.9 Å². The van der Waals surface area contributed by atoms with Crippen LogP contribution in [0.4, 0.5) is 0 Å². The highest BCUT2D eigenvalue weighted by Crippen LogP contribution is 2.04. The van der Waals surface area contributed by atoms with Crippen molar-refractivity contribution in [3.05, 3.63) is 0 Å². The molecule has 0 aliphatic heterocycles. The first kappa shape index (κ1) is 14.3. The SMILES string of the molecule is CCC(Br)C(=O)NCCSCCCO. The Bertz CT molecular complexity index is 158. The zero-order valence-corrected chi connectivity index (χ0v) is 10.9. The first-order valence-corrected chi connectivity index (χ1v) is 6.89. The van der Waals surface area contributed by atoms with E-state index >= 15 is 0 Å². The molecule has 1 atom stereocenters. The van der Waals surface area contributed by atoms with Crippen molar-refractivity contribution in [3.63, 3.8) is 0 Å². The van der Waals surface area contributed by atoms with Crippen LogP contribution in [-0.4, -0.2) is 40.5 Å². The quantitative estimate of drug-likeness (QED) is 0.523. The highest BCUT2D eigenvalue weighted by atomic mass is 79.9. The van der Waals surface area contributed by atoms with Crippen LogP contribution in [-0.2, 0) is 4.79 Å². The predicted molar refractivity (Wildman–Crippen MR) is 65.0 cm³/mol. The summed E-state index contributed by atoms with van der Waals surface area (Å²) in [6, 6.07) is 0. The zero-order valence-electron chi connectivity index (χ0n) is 8.46. The minimum Gasteiger partial charge on any atom is -0.396 e. The van der Waals surface area contributed by atoms with Crippen molar-refractivity contribution in [2.24, 2.45) is 0 Å². The summed E-state index contributed by atoms with van der Waals surface area (Å²) in [5.41, 5.74) is 0. The van der Waals surface area contributed by atoms with Gasteiger partial charge in [0.25, 0.3) is 0 Å². The number of carbonyl (C=O) groups excluding carboxylic acids is 1. The third kappa shape index (κ3) is 7.64. The summed E-state index contributed by atoms with van der Waals surface area (Å²) in [6.07, 6.45) is 1.64. The second-order valence-electron chi connectivity index (χ2n) is 2.86. The maximum absolute atomic E-state index is 11.3. The Morgan fingerprint density at radius 2 is 2.29 bits per heavy atom. The van der Waals surface area contributed by atoms with Crippen LogP contribution in [0.15, 0.2) is 0 Å². The van der Waals surface area contributed by atoms with Gasteiger partial charge in [0, 0.05) is 18.9 Å². The molecule has 0 spiro atoms. The van der Waals surface area contributed by atoms with Crippen LogP contribution >= 0.6 is 27.7 Å². The van der Waals surface area contributed by atoms with Crippen molar-refractivity contribution in [2.45, 2.75) is 24.6 Å². The van der Waals surface area contributed by atoms with Crippen molar-refractivity contribution >= 4 is 33.6 Å². The molecule has 0 aromatic rings. The van der Waals surface area contributed by atoms with Gasteiger partial charge in [-0.3, -0.25) is 4.79 Å². The summed E-state index contributed by atoms with van der Waals surface area (Å²) >= 11 is 5.03. The van der Waals surface area contributed by atoms with Crippen molar-refractivity contribution < 1.29 is 9.90 Å². The smallest absolute Gasteiger partial charge is 0.233 e. The Hall–Kier alpha value is 0.260. The molecule has 0 saturated carbocycles. The third-order valence-electron chi connectivity index (χ3n) is 1.64. The van der Waals surface area contributed by atoms with Crippen molar-refractivity contribution in [1.82, 2.24) is 5.32 Å². The van der Waals surface area contributed by atoms with E-state index < -0.39 is 0 Å². The minimum absolute atomic E-state index is 0.0649. The van der Waals surface area contributed by atoms with Crippen LogP contribution in [0, 0.1) is 0 Å². The zero-order chi connectivity index (χ0) is 10.8. The molecule has 0 fully saturated rings. The molecule has 1 unspecified atom stereocenters. The van der Waals surface area contributed by atoms with E-state index in [0.717, 1.165) is 24.3 Å². The molecule has 3 nitrogen and oxygen atoms in total. The van der Waals surface area contributed by atoms with Crippen molar-refractivity contribution in [1.29, 1.82) is 0 Å². The molecule has 0 aromatic carbocycles. The molecule has 0 aliphatic rings. The van der Waals surface area contributed by atoms with Crippen molar-refractivity contribution in [3.8, 4) is 0 Å². The number of nitrogens with one attached hydrogen (secondary N) is 1. The molecular weight excluding hydrogens is 266 g/mol. The second-order valence-corrected chi connectivity index (χ2v) is 5.19. The number of aliphatic hydroxyl groups excluding tert-OH is 1. The molecule has 0 radical (unpaired) electrons. The van der Waals surface area contributed by atoms with Gasteiger partial charge < -0.3 is 10.4 Å². The van der Waals surface area contributed by atoms with E-state index in [2.05, 4.69) is 21.2 Å². The summed E-state index contributed by atoms with van der Waals surface area (Å²) in [6.45, 7) is 2.92. The fourth-order valence-electron chi connectivity index (χ4n) is 0.811. The topological polar surface area (TPSA) is 49.3 Å². The molecule has 0 saturated heterocycles. The van der Waals surface area contributed by atoms with Gasteiger partial charge in [-0.05, 0) is 18.6 Å². The van der Waals surface area contributed by atoms with Crippen LogP contribution in [0.2, 0.25) is 0 Å². The highest BCUT2D eigenvalue weighted by molar-refractivity contribution is 9.10. The number of alkyl halides is 1. The molecule has 0 aliphatic carbocycles. The van der Waals surface area contributed by atoms with E-state index in [1.54, 1.807) is 11.8 Å². The Kier molecular flexibility index (Phi) is 9.98. The molecular formula is C9H18BrNO2S. The summed E-state index contributed by atoms with van der Waals surface area (Å²) in [5, 5.41) is 11.4. The molecule has 84 valence electrons. The number of carbonyl (C=O) groups is 1. The van der Waals surface area contributed by atoms with Crippen LogP contribution in [0.1, 0.15) is 19.8 Å². The van der Waals surface area contributed by atoms with E-state index in [-0.39, 0.29) is 17.3 Å². The highest BCUT2D eigenvalue weighted by Gasteiger charge is 2.10. The van der Waals surface area contributed by atoms with Gasteiger partial charge in [-0.2, -0.15) is 11.8 Å². The van der Waals surface area contributed by atoms with Crippen LogP contribution in [0.3, 0.4) is 0 Å². The number of hydrogen-bond donors (Lipinski definition) is 2. The fraction of sp³-hybridized carbons (Fsp3) is 0.889. The number of thioether (sulfide) groups is 1. The average Bonchev–Trinajstić information content (AvgIpc) is 2.21. The van der Waals surface area contributed by atoms with Gasteiger partial charge >= 0.3 is 0 Å². The number of rotatable bonds is 8. The van der Waals surface area contributed by atoms with Gasteiger partial charge in [-0.15, -0.1) is 0 Å². The first-order chi connectivity index (χ1) is 6.72. The lowest BCUT2D eigenvalue weighted by atomic mass is 10.3. The molecule has 0 aromatic heterocycles. The number of aliphatic hydroxyl groups is 1. The lowest BCUT2D eigenvalue weighted by Gasteiger charge is -2.08. The Morgan fingerprint density at radius 1 is 1.57 bits per heavy atom. The van der Waals surface area contributed by atoms with Crippen LogP contribution in [0.5, 0.6) is 0 Å². The van der Waals surface area contributed by atoms with E-state index in [4.69, 9.17) is 5.11 Å². The molecule has 0 rings (SSSR count). The lowest BCUT2D eigenvalue weighted by Crippen LogP contribution is -2.32. The van der Waals surface area contributed by atoms with Gasteiger partial charge in [0.15, 0.2) is 0 Å². The summed E-state index contributed by atoms with van der Waals surface area (Å²) in [4.78, 5) is 11.2. The normalized spacial score (nSPS) is 12.5. The predicted octanol–water partition coefficient (Wildman–Crippen LogP) is 1.39. The summed E-state index contributed by atoms with van der Waals surface area (Å²) in [5.74, 6) is 1.93.